The quantitative estimate of drug-likeness (QED) is 0.565. The van der Waals surface area contributed by atoms with Crippen LogP contribution in [0.4, 0.5) is 5.69 Å². The summed E-state index contributed by atoms with van der Waals surface area (Å²) in [5.74, 6) is 0.427. The minimum atomic E-state index is 0.427. The zero-order chi connectivity index (χ0) is 11.5. The van der Waals surface area contributed by atoms with Gasteiger partial charge in [0.2, 0.25) is 0 Å². The molecular formula is C13H15N3. The molecule has 0 aliphatic carbocycles. The predicted molar refractivity (Wildman–Crippen MR) is 69.9 cm³/mol. The number of nitrogens with zero attached hydrogens (tertiary/aromatic N) is 1. The number of rotatable bonds is 1. The zero-order valence-corrected chi connectivity index (χ0v) is 9.49. The van der Waals surface area contributed by atoms with Crippen molar-refractivity contribution in [3.8, 4) is 0 Å². The maximum atomic E-state index is 5.68. The lowest BCUT2D eigenvalue weighted by Gasteiger charge is -2.10. The van der Waals surface area contributed by atoms with Crippen LogP contribution in [0.25, 0.3) is 10.8 Å². The number of hydrogen-bond donors (Lipinski definition) is 2. The van der Waals surface area contributed by atoms with E-state index in [2.05, 4.69) is 41.5 Å². The van der Waals surface area contributed by atoms with Crippen molar-refractivity contribution in [1.29, 1.82) is 0 Å². The van der Waals surface area contributed by atoms with Gasteiger partial charge in [-0.3, -0.25) is 4.99 Å². The van der Waals surface area contributed by atoms with Gasteiger partial charge in [-0.15, -0.1) is 0 Å². The normalized spacial score (nSPS) is 11.8. The van der Waals surface area contributed by atoms with Crippen LogP contribution in [0.2, 0.25) is 0 Å². The summed E-state index contributed by atoms with van der Waals surface area (Å²) >= 11 is 0. The number of benzene rings is 2. The smallest absolute Gasteiger partial charge is 0.192 e. The molecule has 0 spiro atoms. The molecule has 2 rings (SSSR count). The lowest BCUT2D eigenvalue weighted by atomic mass is 10.0. The zero-order valence-electron chi connectivity index (χ0n) is 9.49. The summed E-state index contributed by atoms with van der Waals surface area (Å²) in [6.45, 7) is 2.09. The highest BCUT2D eigenvalue weighted by molar-refractivity contribution is 6.04. The molecule has 2 aromatic rings. The molecule has 0 atom stereocenters. The van der Waals surface area contributed by atoms with Crippen molar-refractivity contribution >= 4 is 22.4 Å². The fraction of sp³-hybridized carbons (Fsp3) is 0.154. The fourth-order valence-corrected chi connectivity index (χ4v) is 1.83. The Balaban J connectivity index is 2.61. The molecule has 16 heavy (non-hydrogen) atoms. The molecule has 3 nitrogen and oxygen atoms in total. The average molecular weight is 213 g/mol. The molecule has 0 fully saturated rings. The van der Waals surface area contributed by atoms with E-state index < -0.39 is 0 Å². The molecule has 0 saturated carbocycles. The summed E-state index contributed by atoms with van der Waals surface area (Å²) in [5.41, 5.74) is 7.91. The summed E-state index contributed by atoms with van der Waals surface area (Å²) in [6.07, 6.45) is 0. The Morgan fingerprint density at radius 1 is 1.19 bits per heavy atom. The highest BCUT2D eigenvalue weighted by Crippen LogP contribution is 2.26. The fourth-order valence-electron chi connectivity index (χ4n) is 1.83. The molecule has 0 amide bonds. The Hall–Kier alpha value is -2.03. The van der Waals surface area contributed by atoms with E-state index in [0.717, 1.165) is 5.69 Å². The third-order valence-electron chi connectivity index (χ3n) is 2.62. The Kier molecular flexibility index (Phi) is 2.77. The minimum absolute atomic E-state index is 0.427. The Labute approximate surface area is 95.0 Å². The summed E-state index contributed by atoms with van der Waals surface area (Å²) < 4.78 is 0. The van der Waals surface area contributed by atoms with Crippen molar-refractivity contribution in [2.24, 2.45) is 10.7 Å². The second kappa shape index (κ2) is 4.23. The first-order chi connectivity index (χ1) is 7.72. The lowest BCUT2D eigenvalue weighted by Crippen LogP contribution is -2.22. The third kappa shape index (κ3) is 1.84. The summed E-state index contributed by atoms with van der Waals surface area (Å²) in [6, 6.07) is 12.3. The van der Waals surface area contributed by atoms with E-state index in [4.69, 9.17) is 5.73 Å². The molecule has 3 heteroatoms. The number of guanidine groups is 1. The third-order valence-corrected chi connectivity index (χ3v) is 2.62. The van der Waals surface area contributed by atoms with Gasteiger partial charge in [-0.1, -0.05) is 30.3 Å². The Morgan fingerprint density at radius 3 is 2.56 bits per heavy atom. The van der Waals surface area contributed by atoms with Crippen molar-refractivity contribution in [1.82, 2.24) is 0 Å². The number of anilines is 1. The highest BCUT2D eigenvalue weighted by Gasteiger charge is 2.03. The van der Waals surface area contributed by atoms with Gasteiger partial charge < -0.3 is 11.1 Å². The number of aliphatic imine (C=N–C) groups is 1. The monoisotopic (exact) mass is 213 g/mol. The average Bonchev–Trinajstić information content (AvgIpc) is 2.29. The van der Waals surface area contributed by atoms with Gasteiger partial charge in [0.1, 0.15) is 0 Å². The van der Waals surface area contributed by atoms with E-state index in [1.165, 1.54) is 16.3 Å². The standard InChI is InChI=1S/C13H15N3/c1-9-5-3-6-10-7-4-8-11(12(9)10)16-13(14)15-2/h3-8H,1-2H3,(H3,14,15,16). The maximum absolute atomic E-state index is 5.68. The molecule has 0 aromatic heterocycles. The van der Waals surface area contributed by atoms with Crippen LogP contribution >= 0.6 is 0 Å². The number of nitrogens with one attached hydrogen (secondary N) is 1. The van der Waals surface area contributed by atoms with E-state index in [0.29, 0.717) is 5.96 Å². The summed E-state index contributed by atoms with van der Waals surface area (Å²) in [5, 5.41) is 5.50. The van der Waals surface area contributed by atoms with Crippen molar-refractivity contribution in [2.45, 2.75) is 6.92 Å². The van der Waals surface area contributed by atoms with Gasteiger partial charge in [0.15, 0.2) is 5.96 Å². The van der Waals surface area contributed by atoms with Gasteiger partial charge in [0.05, 0.1) is 0 Å². The Bertz CT molecular complexity index is 539. The first kappa shape index (κ1) is 10.5. The largest absolute Gasteiger partial charge is 0.370 e. The van der Waals surface area contributed by atoms with Crippen LogP contribution in [-0.2, 0) is 0 Å². The molecular weight excluding hydrogens is 198 g/mol. The van der Waals surface area contributed by atoms with Gasteiger partial charge in [-0.25, -0.2) is 0 Å². The first-order valence-electron chi connectivity index (χ1n) is 5.20. The van der Waals surface area contributed by atoms with Crippen LogP contribution in [0.1, 0.15) is 5.56 Å². The molecule has 3 N–H and O–H groups in total. The molecule has 82 valence electrons. The molecule has 0 radical (unpaired) electrons. The molecule has 0 aliphatic heterocycles. The van der Waals surface area contributed by atoms with Gasteiger partial charge >= 0.3 is 0 Å². The van der Waals surface area contributed by atoms with Crippen molar-refractivity contribution in [2.75, 3.05) is 12.4 Å². The summed E-state index contributed by atoms with van der Waals surface area (Å²) in [7, 11) is 1.67. The van der Waals surface area contributed by atoms with Crippen LogP contribution in [0.5, 0.6) is 0 Å². The number of nitrogens with two attached hydrogens (primary N) is 1. The van der Waals surface area contributed by atoms with E-state index in [-0.39, 0.29) is 0 Å². The van der Waals surface area contributed by atoms with E-state index in [1.807, 2.05) is 12.1 Å². The van der Waals surface area contributed by atoms with Crippen LogP contribution in [0.3, 0.4) is 0 Å². The van der Waals surface area contributed by atoms with Crippen LogP contribution in [0, 0.1) is 6.92 Å². The van der Waals surface area contributed by atoms with Crippen molar-refractivity contribution in [3.63, 3.8) is 0 Å². The SMILES string of the molecule is CN=C(N)Nc1cccc2cccc(C)c12. The molecule has 0 unspecified atom stereocenters. The second-order valence-corrected chi connectivity index (χ2v) is 3.71. The van der Waals surface area contributed by atoms with E-state index in [1.54, 1.807) is 7.05 Å². The molecule has 0 bridgehead atoms. The van der Waals surface area contributed by atoms with Gasteiger partial charge in [0, 0.05) is 18.1 Å². The van der Waals surface area contributed by atoms with Crippen LogP contribution in [0.15, 0.2) is 41.4 Å². The number of aryl methyl sites for hydroxylation is 1. The van der Waals surface area contributed by atoms with E-state index in [9.17, 15) is 0 Å². The van der Waals surface area contributed by atoms with Gasteiger partial charge in [-0.05, 0) is 23.9 Å². The molecule has 0 saturated heterocycles. The van der Waals surface area contributed by atoms with Crippen molar-refractivity contribution in [3.05, 3.63) is 42.0 Å². The number of fused-ring (bicyclic) bond motifs is 1. The lowest BCUT2D eigenvalue weighted by molar-refractivity contribution is 1.38. The second-order valence-electron chi connectivity index (χ2n) is 3.71. The van der Waals surface area contributed by atoms with Crippen LogP contribution in [-0.4, -0.2) is 13.0 Å². The first-order valence-corrected chi connectivity index (χ1v) is 5.20. The van der Waals surface area contributed by atoms with E-state index >= 15 is 0 Å². The highest BCUT2D eigenvalue weighted by atomic mass is 15.1. The maximum Gasteiger partial charge on any atom is 0.192 e. The minimum Gasteiger partial charge on any atom is -0.370 e. The van der Waals surface area contributed by atoms with Crippen molar-refractivity contribution < 1.29 is 0 Å². The number of hydrogen-bond acceptors (Lipinski definition) is 1. The summed E-state index contributed by atoms with van der Waals surface area (Å²) in [4.78, 5) is 3.90. The Morgan fingerprint density at radius 2 is 1.88 bits per heavy atom. The predicted octanol–water partition coefficient (Wildman–Crippen LogP) is 2.50. The topological polar surface area (TPSA) is 50.4 Å². The van der Waals surface area contributed by atoms with Gasteiger partial charge in [-0.2, -0.15) is 0 Å². The molecule has 0 aliphatic rings. The molecule has 2 aromatic carbocycles. The molecule has 0 heterocycles. The van der Waals surface area contributed by atoms with Crippen LogP contribution < -0.4 is 11.1 Å². The van der Waals surface area contributed by atoms with Gasteiger partial charge in [0.25, 0.3) is 0 Å².